The Kier molecular flexibility index (Phi) is 19.9. The van der Waals surface area contributed by atoms with Crippen LogP contribution in [0.2, 0.25) is 0 Å². The fraction of sp³-hybridized carbons (Fsp3) is 0.545. The summed E-state index contributed by atoms with van der Waals surface area (Å²) in [6, 6.07) is 0. The van der Waals surface area contributed by atoms with Gasteiger partial charge in [-0.25, -0.2) is 23.3 Å². The molecule has 0 aromatic carbocycles. The Bertz CT molecular complexity index is 387. The van der Waals surface area contributed by atoms with E-state index in [-0.39, 0.29) is 14.9 Å². The summed E-state index contributed by atoms with van der Waals surface area (Å²) in [6.45, 7) is 15.2. The van der Waals surface area contributed by atoms with Gasteiger partial charge in [-0.3, -0.25) is 12.2 Å². The second-order valence-corrected chi connectivity index (χ2v) is 6.30. The van der Waals surface area contributed by atoms with Gasteiger partial charge in [0.05, 0.1) is 0 Å². The molecular formula is C22H38SiZr-4. The van der Waals surface area contributed by atoms with Gasteiger partial charge in [-0.1, -0.05) is 78.1 Å². The molecule has 0 saturated carbocycles. The number of rotatable bonds is 4. The molecule has 0 spiro atoms. The summed E-state index contributed by atoms with van der Waals surface area (Å²) >= 11 is 1.58. The van der Waals surface area contributed by atoms with E-state index < -0.39 is 0 Å². The Morgan fingerprint density at radius 3 is 1.25 bits per heavy atom. The number of allylic oxidation sites excluding steroid dienone is 8. The molecule has 0 bridgehead atoms. The number of hydrogen-bond acceptors (Lipinski definition) is 0. The maximum atomic E-state index is 3.45. The molecule has 0 aromatic rings. The quantitative estimate of drug-likeness (QED) is 0.390. The molecule has 0 heterocycles. The van der Waals surface area contributed by atoms with Gasteiger partial charge in [-0.2, -0.15) is 12.2 Å². The summed E-state index contributed by atoms with van der Waals surface area (Å²) in [6.07, 6.45) is 18.0. The molecular weight excluding hydrogens is 384 g/mol. The second-order valence-electron chi connectivity index (χ2n) is 6.30. The molecule has 138 valence electrons. The predicted molar refractivity (Wildman–Crippen MR) is 110 cm³/mol. The fourth-order valence-corrected chi connectivity index (χ4v) is 2.28. The Hall–Kier alpha value is 0.0600. The van der Waals surface area contributed by atoms with E-state index in [9.17, 15) is 0 Å². The Balaban J connectivity index is -0.000000310. The Morgan fingerprint density at radius 1 is 0.833 bits per heavy atom. The maximum absolute atomic E-state index is 3.45. The topological polar surface area (TPSA) is 0 Å². The molecule has 2 heteroatoms. The molecule has 0 N–H and O–H groups in total. The van der Waals surface area contributed by atoms with Crippen LogP contribution in [-0.4, -0.2) is 6.88 Å². The van der Waals surface area contributed by atoms with Crippen molar-refractivity contribution in [2.24, 2.45) is 23.7 Å². The second kappa shape index (κ2) is 16.5. The summed E-state index contributed by atoms with van der Waals surface area (Å²) in [5, 5.41) is 0. The van der Waals surface area contributed by atoms with Crippen LogP contribution in [0.1, 0.15) is 54.4 Å². The third kappa shape index (κ3) is 10.8. The van der Waals surface area contributed by atoms with E-state index in [0.717, 1.165) is 12.8 Å². The van der Waals surface area contributed by atoms with Crippen molar-refractivity contribution in [1.29, 1.82) is 0 Å². The monoisotopic (exact) mass is 420 g/mol. The summed E-state index contributed by atoms with van der Waals surface area (Å²) in [7, 11) is 0. The molecule has 0 aromatic heterocycles. The molecule has 2 unspecified atom stereocenters. The zero-order valence-corrected chi connectivity index (χ0v) is 21.1. The van der Waals surface area contributed by atoms with Crippen LogP contribution in [0.15, 0.2) is 35.5 Å². The zero-order chi connectivity index (χ0) is 17.1. The van der Waals surface area contributed by atoms with Gasteiger partial charge in [0.2, 0.25) is 0 Å². The summed E-state index contributed by atoms with van der Waals surface area (Å²) in [5.41, 5.74) is 2.75. The third-order valence-corrected chi connectivity index (χ3v) is 3.91. The van der Waals surface area contributed by atoms with Crippen molar-refractivity contribution in [3.05, 3.63) is 62.5 Å². The van der Waals surface area contributed by atoms with E-state index in [1.54, 1.807) is 23.3 Å². The summed E-state index contributed by atoms with van der Waals surface area (Å²) < 4.78 is 0. The van der Waals surface area contributed by atoms with Gasteiger partial charge in [-0.15, -0.1) is 0 Å². The molecule has 0 radical (unpaired) electrons. The van der Waals surface area contributed by atoms with E-state index in [4.69, 9.17) is 0 Å². The van der Waals surface area contributed by atoms with E-state index in [0.29, 0.717) is 23.7 Å². The van der Waals surface area contributed by atoms with Gasteiger partial charge in [0.25, 0.3) is 0 Å². The van der Waals surface area contributed by atoms with Crippen molar-refractivity contribution in [1.82, 2.24) is 0 Å². The minimum absolute atomic E-state index is 0. The molecule has 0 saturated heterocycles. The van der Waals surface area contributed by atoms with E-state index >= 15 is 0 Å². The van der Waals surface area contributed by atoms with Gasteiger partial charge in [0.15, 0.2) is 0 Å². The molecule has 2 aliphatic carbocycles. The van der Waals surface area contributed by atoms with E-state index in [2.05, 4.69) is 78.0 Å². The Labute approximate surface area is 170 Å². The van der Waals surface area contributed by atoms with Gasteiger partial charge in [-0.05, 0) is 0 Å². The van der Waals surface area contributed by atoms with Crippen LogP contribution in [0.3, 0.4) is 0 Å². The van der Waals surface area contributed by atoms with Crippen molar-refractivity contribution in [2.75, 3.05) is 0 Å². The first-order chi connectivity index (χ1) is 10.5. The van der Waals surface area contributed by atoms with Gasteiger partial charge in [0, 0.05) is 0 Å². The SMILES string of the molecule is CCC1=[C-]C(C(C)C)C=C1.CCC1=[C-]C(C(C)C)C=C1.[CH3-].[CH3-].[SiH2]=[Zr]. The first-order valence-electron chi connectivity index (χ1n) is 8.44. The fourth-order valence-electron chi connectivity index (χ4n) is 2.28. The van der Waals surface area contributed by atoms with Crippen LogP contribution in [0.25, 0.3) is 0 Å². The summed E-state index contributed by atoms with van der Waals surface area (Å²) in [4.78, 5) is 0. The summed E-state index contributed by atoms with van der Waals surface area (Å²) in [5.74, 6) is 2.57. The van der Waals surface area contributed by atoms with Gasteiger partial charge in [0.1, 0.15) is 0 Å². The van der Waals surface area contributed by atoms with Crippen LogP contribution in [0.5, 0.6) is 0 Å². The molecule has 0 aliphatic heterocycles. The first kappa shape index (κ1) is 28.8. The molecule has 0 nitrogen and oxygen atoms in total. The standard InChI is InChI=1S/2C10H15.2CH3.H2Si.Zr/c2*1-4-9-5-6-10(7-9)8(2)3;;;;/h2*5-6,8,10H,4H2,1-3H3;2*1H3;1H2;/q4*-1;;. The molecule has 2 atom stereocenters. The van der Waals surface area contributed by atoms with Crippen LogP contribution in [-0.2, 0) is 23.3 Å². The van der Waals surface area contributed by atoms with E-state index in [1.165, 1.54) is 11.1 Å². The average Bonchev–Trinajstić information content (AvgIpc) is 3.19. The third-order valence-electron chi connectivity index (χ3n) is 3.91. The van der Waals surface area contributed by atoms with E-state index in [1.807, 2.05) is 6.88 Å². The average molecular weight is 422 g/mol. The van der Waals surface area contributed by atoms with Gasteiger partial charge >= 0.3 is 30.2 Å². The number of hydrogen-bond donors (Lipinski definition) is 0. The van der Waals surface area contributed by atoms with Gasteiger partial charge < -0.3 is 14.9 Å². The van der Waals surface area contributed by atoms with Crippen molar-refractivity contribution >= 4 is 6.88 Å². The predicted octanol–water partition coefficient (Wildman–Crippen LogP) is 5.92. The molecule has 24 heavy (non-hydrogen) atoms. The normalized spacial score (nSPS) is 20.1. The zero-order valence-electron chi connectivity index (χ0n) is 17.2. The first-order valence-corrected chi connectivity index (χ1v) is 14.4. The van der Waals surface area contributed by atoms with Crippen LogP contribution >= 0.6 is 0 Å². The molecule has 0 fully saturated rings. The molecule has 2 aliphatic rings. The van der Waals surface area contributed by atoms with Crippen molar-refractivity contribution in [3.8, 4) is 0 Å². The Morgan fingerprint density at radius 2 is 1.12 bits per heavy atom. The van der Waals surface area contributed by atoms with Crippen molar-refractivity contribution in [2.45, 2.75) is 54.4 Å². The van der Waals surface area contributed by atoms with Crippen molar-refractivity contribution < 1.29 is 23.3 Å². The molecule has 2 rings (SSSR count). The molecule has 0 amide bonds. The van der Waals surface area contributed by atoms with Crippen LogP contribution in [0.4, 0.5) is 0 Å². The van der Waals surface area contributed by atoms with Crippen LogP contribution < -0.4 is 0 Å². The minimum atomic E-state index is 0. The van der Waals surface area contributed by atoms with Crippen molar-refractivity contribution in [3.63, 3.8) is 0 Å². The van der Waals surface area contributed by atoms with Crippen LogP contribution in [0, 0.1) is 50.7 Å².